The number of hydrogen-bond donors (Lipinski definition) is 1. The molecular weight excluding hydrogens is 164 g/mol. The van der Waals surface area contributed by atoms with Crippen LogP contribution in [0.4, 0.5) is 0 Å². The second-order valence-electron chi connectivity index (χ2n) is 4.22. The first-order chi connectivity index (χ1) is 6.40. The van der Waals surface area contributed by atoms with Gasteiger partial charge in [-0.25, -0.2) is 0 Å². The Morgan fingerprint density at radius 2 is 2.38 bits per heavy atom. The molecule has 2 rings (SSSR count). The molecule has 2 aliphatic heterocycles. The first kappa shape index (κ1) is 9.44. The summed E-state index contributed by atoms with van der Waals surface area (Å²) < 4.78 is 5.05. The Bertz CT molecular complexity index is 151. The van der Waals surface area contributed by atoms with Crippen LogP contribution in [0.2, 0.25) is 0 Å². The van der Waals surface area contributed by atoms with Crippen LogP contribution in [0.1, 0.15) is 12.8 Å². The Morgan fingerprint density at radius 3 is 3.15 bits per heavy atom. The van der Waals surface area contributed by atoms with E-state index >= 15 is 0 Å². The van der Waals surface area contributed by atoms with Crippen LogP contribution < -0.4 is 5.32 Å². The fraction of sp³-hybridized carbons (Fsp3) is 1.00. The van der Waals surface area contributed by atoms with Crippen molar-refractivity contribution in [3.05, 3.63) is 0 Å². The summed E-state index contributed by atoms with van der Waals surface area (Å²) in [5, 5.41) is 3.57. The van der Waals surface area contributed by atoms with Gasteiger partial charge in [-0.15, -0.1) is 0 Å². The molecule has 0 aliphatic carbocycles. The molecule has 2 heterocycles. The molecule has 2 atom stereocenters. The van der Waals surface area contributed by atoms with E-state index in [9.17, 15) is 0 Å². The Kier molecular flexibility index (Phi) is 3.19. The predicted octanol–water partition coefficient (Wildman–Crippen LogP) is 0.317. The third kappa shape index (κ3) is 2.22. The summed E-state index contributed by atoms with van der Waals surface area (Å²) in [5.41, 5.74) is 0. The highest BCUT2D eigenvalue weighted by molar-refractivity contribution is 4.93. The number of methoxy groups -OCH3 is 1. The maximum atomic E-state index is 5.05. The van der Waals surface area contributed by atoms with Crippen LogP contribution >= 0.6 is 0 Å². The van der Waals surface area contributed by atoms with E-state index in [4.69, 9.17) is 4.74 Å². The fourth-order valence-electron chi connectivity index (χ4n) is 2.55. The molecule has 0 radical (unpaired) electrons. The van der Waals surface area contributed by atoms with E-state index in [-0.39, 0.29) is 0 Å². The summed E-state index contributed by atoms with van der Waals surface area (Å²) in [5.74, 6) is 0.933. The maximum absolute atomic E-state index is 5.05. The molecule has 76 valence electrons. The fourth-order valence-corrected chi connectivity index (χ4v) is 2.55. The van der Waals surface area contributed by atoms with Crippen molar-refractivity contribution < 1.29 is 4.74 Å². The highest BCUT2D eigenvalue weighted by Gasteiger charge is 2.35. The summed E-state index contributed by atoms with van der Waals surface area (Å²) in [6, 6.07) is 0.794. The standard InChI is InChI=1S/C10H20N2O/c1-13-6-2-5-12-7-9-3-4-11-10(9)8-12/h9-11H,2-8H2,1H3/t9-,10+/m0/s1. The van der Waals surface area contributed by atoms with Crippen molar-refractivity contribution in [3.8, 4) is 0 Å². The number of nitrogens with zero attached hydrogens (tertiary/aromatic N) is 1. The molecule has 0 unspecified atom stereocenters. The van der Waals surface area contributed by atoms with Crippen LogP contribution in [0.15, 0.2) is 0 Å². The van der Waals surface area contributed by atoms with Gasteiger partial charge in [0.05, 0.1) is 0 Å². The predicted molar refractivity (Wildman–Crippen MR) is 52.8 cm³/mol. The molecule has 0 aromatic carbocycles. The zero-order valence-electron chi connectivity index (χ0n) is 8.46. The van der Waals surface area contributed by atoms with E-state index in [1.807, 2.05) is 0 Å². The zero-order chi connectivity index (χ0) is 9.10. The van der Waals surface area contributed by atoms with Gasteiger partial charge in [-0.05, 0) is 25.3 Å². The van der Waals surface area contributed by atoms with Crippen molar-refractivity contribution in [1.82, 2.24) is 10.2 Å². The lowest BCUT2D eigenvalue weighted by Gasteiger charge is -2.15. The van der Waals surface area contributed by atoms with Crippen molar-refractivity contribution in [2.24, 2.45) is 5.92 Å². The smallest absolute Gasteiger partial charge is 0.0474 e. The van der Waals surface area contributed by atoms with E-state index in [0.29, 0.717) is 0 Å². The quantitative estimate of drug-likeness (QED) is 0.637. The third-order valence-corrected chi connectivity index (χ3v) is 3.26. The second-order valence-corrected chi connectivity index (χ2v) is 4.22. The maximum Gasteiger partial charge on any atom is 0.0474 e. The molecule has 13 heavy (non-hydrogen) atoms. The van der Waals surface area contributed by atoms with E-state index in [1.54, 1.807) is 7.11 Å². The number of fused-ring (bicyclic) bond motifs is 1. The van der Waals surface area contributed by atoms with Crippen LogP contribution in [0.5, 0.6) is 0 Å². The third-order valence-electron chi connectivity index (χ3n) is 3.26. The van der Waals surface area contributed by atoms with Gasteiger partial charge in [-0.2, -0.15) is 0 Å². The summed E-state index contributed by atoms with van der Waals surface area (Å²) in [7, 11) is 1.78. The lowest BCUT2D eigenvalue weighted by molar-refractivity contribution is 0.177. The van der Waals surface area contributed by atoms with Gasteiger partial charge in [-0.1, -0.05) is 0 Å². The number of ether oxygens (including phenoxy) is 1. The monoisotopic (exact) mass is 184 g/mol. The molecule has 3 nitrogen and oxygen atoms in total. The van der Waals surface area contributed by atoms with Crippen molar-refractivity contribution in [1.29, 1.82) is 0 Å². The molecule has 2 aliphatic rings. The van der Waals surface area contributed by atoms with Gasteiger partial charge in [0.15, 0.2) is 0 Å². The van der Waals surface area contributed by atoms with Gasteiger partial charge in [-0.3, -0.25) is 0 Å². The minimum absolute atomic E-state index is 0.794. The zero-order valence-corrected chi connectivity index (χ0v) is 8.46. The van der Waals surface area contributed by atoms with Crippen LogP contribution in [-0.2, 0) is 4.74 Å². The minimum Gasteiger partial charge on any atom is -0.385 e. The lowest BCUT2D eigenvalue weighted by Crippen LogP contribution is -2.30. The molecule has 0 aromatic rings. The van der Waals surface area contributed by atoms with E-state index in [1.165, 1.54) is 39.0 Å². The van der Waals surface area contributed by atoms with Gasteiger partial charge in [0, 0.05) is 39.4 Å². The number of rotatable bonds is 4. The molecule has 0 bridgehead atoms. The Labute approximate surface area is 80.4 Å². The Morgan fingerprint density at radius 1 is 1.46 bits per heavy atom. The second kappa shape index (κ2) is 4.40. The first-order valence-corrected chi connectivity index (χ1v) is 5.35. The molecule has 3 heteroatoms. The van der Waals surface area contributed by atoms with Crippen LogP contribution in [-0.4, -0.2) is 50.8 Å². The largest absolute Gasteiger partial charge is 0.385 e. The van der Waals surface area contributed by atoms with Gasteiger partial charge < -0.3 is 15.0 Å². The topological polar surface area (TPSA) is 24.5 Å². The molecular formula is C10H20N2O. The SMILES string of the molecule is COCCCN1C[C@@H]2CCN[C@@H]2C1. The van der Waals surface area contributed by atoms with Crippen molar-refractivity contribution >= 4 is 0 Å². The molecule has 0 aromatic heterocycles. The molecule has 2 saturated heterocycles. The molecule has 1 N–H and O–H groups in total. The first-order valence-electron chi connectivity index (χ1n) is 5.35. The minimum atomic E-state index is 0.794. The summed E-state index contributed by atoms with van der Waals surface area (Å²) >= 11 is 0. The van der Waals surface area contributed by atoms with E-state index < -0.39 is 0 Å². The lowest BCUT2D eigenvalue weighted by atomic mass is 10.1. The average Bonchev–Trinajstić information content (AvgIpc) is 2.64. The van der Waals surface area contributed by atoms with Gasteiger partial charge >= 0.3 is 0 Å². The average molecular weight is 184 g/mol. The van der Waals surface area contributed by atoms with Crippen LogP contribution in [0.3, 0.4) is 0 Å². The molecule has 0 amide bonds. The number of likely N-dealkylation sites (tertiary alicyclic amines) is 1. The highest BCUT2D eigenvalue weighted by atomic mass is 16.5. The summed E-state index contributed by atoms with van der Waals surface area (Å²) in [6.45, 7) is 5.92. The summed E-state index contributed by atoms with van der Waals surface area (Å²) in [4.78, 5) is 2.57. The van der Waals surface area contributed by atoms with Gasteiger partial charge in [0.25, 0.3) is 0 Å². The normalized spacial score (nSPS) is 33.9. The van der Waals surface area contributed by atoms with Crippen LogP contribution in [0, 0.1) is 5.92 Å². The van der Waals surface area contributed by atoms with Gasteiger partial charge in [0.2, 0.25) is 0 Å². The molecule has 0 spiro atoms. The Balaban J connectivity index is 1.67. The van der Waals surface area contributed by atoms with Gasteiger partial charge in [0.1, 0.15) is 0 Å². The Hall–Kier alpha value is -0.120. The van der Waals surface area contributed by atoms with Crippen LogP contribution in [0.25, 0.3) is 0 Å². The van der Waals surface area contributed by atoms with Crippen molar-refractivity contribution in [2.45, 2.75) is 18.9 Å². The molecule has 0 saturated carbocycles. The molecule has 2 fully saturated rings. The van der Waals surface area contributed by atoms with Crippen molar-refractivity contribution in [2.75, 3.05) is 39.9 Å². The highest BCUT2D eigenvalue weighted by Crippen LogP contribution is 2.24. The van der Waals surface area contributed by atoms with E-state index in [2.05, 4.69) is 10.2 Å². The van der Waals surface area contributed by atoms with E-state index in [0.717, 1.165) is 18.6 Å². The summed E-state index contributed by atoms with van der Waals surface area (Å²) in [6.07, 6.45) is 2.56. The number of hydrogen-bond acceptors (Lipinski definition) is 3. The number of nitrogens with one attached hydrogen (secondary N) is 1. The van der Waals surface area contributed by atoms with Crippen molar-refractivity contribution in [3.63, 3.8) is 0 Å².